The second-order valence-corrected chi connectivity index (χ2v) is 6.10. The summed E-state index contributed by atoms with van der Waals surface area (Å²) >= 11 is 0. The number of halogens is 3. The lowest BCUT2D eigenvalue weighted by Crippen LogP contribution is -2.29. The highest BCUT2D eigenvalue weighted by atomic mass is 32.2. The van der Waals surface area contributed by atoms with Gasteiger partial charge in [-0.05, 0) is 37.5 Å². The lowest BCUT2D eigenvalue weighted by Gasteiger charge is -2.14. The molecular formula is C12H13F3O5S. The molecule has 5 nitrogen and oxygen atoms in total. The van der Waals surface area contributed by atoms with Gasteiger partial charge in [-0.2, -0.15) is 21.6 Å². The Morgan fingerprint density at radius 2 is 1.95 bits per heavy atom. The number of fused-ring (bicyclic) bond motifs is 1. The molecule has 0 fully saturated rings. The van der Waals surface area contributed by atoms with Crippen LogP contribution < -0.4 is 9.47 Å². The van der Waals surface area contributed by atoms with E-state index in [9.17, 15) is 21.6 Å². The SMILES string of the molecule is CC(CCc1ccc2c(c1)OCO2)OS(=O)(=O)C(F)(F)F. The van der Waals surface area contributed by atoms with Crippen LogP contribution in [0.1, 0.15) is 18.9 Å². The van der Waals surface area contributed by atoms with E-state index in [1.54, 1.807) is 18.2 Å². The molecule has 0 saturated carbocycles. The van der Waals surface area contributed by atoms with Crippen molar-refractivity contribution in [3.8, 4) is 11.5 Å². The van der Waals surface area contributed by atoms with Gasteiger partial charge < -0.3 is 9.47 Å². The van der Waals surface area contributed by atoms with Crippen molar-refractivity contribution in [3.63, 3.8) is 0 Å². The highest BCUT2D eigenvalue weighted by Crippen LogP contribution is 2.33. The van der Waals surface area contributed by atoms with E-state index in [0.717, 1.165) is 5.56 Å². The van der Waals surface area contributed by atoms with Crippen molar-refractivity contribution in [2.24, 2.45) is 0 Å². The van der Waals surface area contributed by atoms with Crippen LogP contribution in [0.25, 0.3) is 0 Å². The van der Waals surface area contributed by atoms with Gasteiger partial charge >= 0.3 is 15.6 Å². The zero-order valence-electron chi connectivity index (χ0n) is 11.0. The summed E-state index contributed by atoms with van der Waals surface area (Å²) in [5.41, 5.74) is -4.61. The molecule has 1 aliphatic heterocycles. The van der Waals surface area contributed by atoms with Gasteiger partial charge in [-0.3, -0.25) is 4.18 Å². The summed E-state index contributed by atoms with van der Waals surface area (Å²) in [7, 11) is -5.56. The third-order valence-electron chi connectivity index (χ3n) is 2.85. The van der Waals surface area contributed by atoms with Gasteiger partial charge in [0.25, 0.3) is 0 Å². The standard InChI is InChI=1S/C12H13F3O5S/c1-8(20-21(16,17)12(13,14)15)2-3-9-4-5-10-11(6-9)19-7-18-10/h4-6,8H,2-3,7H2,1H3. The normalized spacial score (nSPS) is 16.0. The van der Waals surface area contributed by atoms with Gasteiger partial charge in [0.15, 0.2) is 11.5 Å². The Balaban J connectivity index is 1.91. The number of alkyl halides is 3. The Kier molecular flexibility index (Phi) is 4.33. The molecule has 1 unspecified atom stereocenters. The third kappa shape index (κ3) is 3.79. The molecule has 9 heteroatoms. The zero-order chi connectivity index (χ0) is 15.7. The molecule has 1 aromatic carbocycles. The predicted octanol–water partition coefficient (Wildman–Crippen LogP) is 2.60. The molecule has 0 bridgehead atoms. The minimum absolute atomic E-state index is 0.120. The molecule has 0 radical (unpaired) electrons. The van der Waals surface area contributed by atoms with Crippen molar-refractivity contribution >= 4 is 10.1 Å². The van der Waals surface area contributed by atoms with Crippen molar-refractivity contribution in [1.29, 1.82) is 0 Å². The minimum Gasteiger partial charge on any atom is -0.454 e. The first-order chi connectivity index (χ1) is 9.69. The summed E-state index contributed by atoms with van der Waals surface area (Å²) in [4.78, 5) is 0. The Morgan fingerprint density at radius 1 is 1.29 bits per heavy atom. The lowest BCUT2D eigenvalue weighted by atomic mass is 10.1. The van der Waals surface area contributed by atoms with Crippen LogP contribution >= 0.6 is 0 Å². The van der Waals surface area contributed by atoms with E-state index < -0.39 is 21.7 Å². The fraction of sp³-hybridized carbons (Fsp3) is 0.500. The van der Waals surface area contributed by atoms with Crippen LogP contribution in [-0.4, -0.2) is 26.8 Å². The molecule has 2 rings (SSSR count). The van der Waals surface area contributed by atoms with Crippen LogP contribution in [0.2, 0.25) is 0 Å². The van der Waals surface area contributed by atoms with E-state index in [2.05, 4.69) is 4.18 Å². The van der Waals surface area contributed by atoms with Crippen LogP contribution in [-0.2, 0) is 20.7 Å². The Bertz CT molecular complexity index is 612. The number of hydrogen-bond donors (Lipinski definition) is 0. The molecule has 0 aromatic heterocycles. The number of benzene rings is 1. The molecule has 0 aliphatic carbocycles. The fourth-order valence-electron chi connectivity index (χ4n) is 1.79. The first kappa shape index (κ1) is 15.9. The van der Waals surface area contributed by atoms with E-state index in [0.29, 0.717) is 17.9 Å². The van der Waals surface area contributed by atoms with Crippen LogP contribution in [0, 0.1) is 0 Å². The Hall–Kier alpha value is -1.48. The van der Waals surface area contributed by atoms with Gasteiger partial charge in [0.2, 0.25) is 6.79 Å². The molecule has 118 valence electrons. The quantitative estimate of drug-likeness (QED) is 0.615. The number of hydrogen-bond acceptors (Lipinski definition) is 5. The first-order valence-corrected chi connectivity index (χ1v) is 7.48. The summed E-state index contributed by atoms with van der Waals surface area (Å²) in [6, 6.07) is 5.13. The van der Waals surface area contributed by atoms with Crippen LogP contribution in [0.4, 0.5) is 13.2 Å². The summed E-state index contributed by atoms with van der Waals surface area (Å²) in [5, 5.41) is 0. The fourth-order valence-corrected chi connectivity index (χ4v) is 2.42. The molecule has 1 aliphatic rings. The molecular weight excluding hydrogens is 313 g/mol. The number of aryl methyl sites for hydroxylation is 1. The lowest BCUT2D eigenvalue weighted by molar-refractivity contribution is -0.0570. The van der Waals surface area contributed by atoms with Crippen LogP contribution in [0.3, 0.4) is 0 Å². The number of rotatable bonds is 5. The topological polar surface area (TPSA) is 61.8 Å². The van der Waals surface area contributed by atoms with Gasteiger partial charge in [0.05, 0.1) is 6.10 Å². The van der Waals surface area contributed by atoms with Crippen molar-refractivity contribution in [3.05, 3.63) is 23.8 Å². The molecule has 21 heavy (non-hydrogen) atoms. The third-order valence-corrected chi connectivity index (χ3v) is 4.00. The summed E-state index contributed by atoms with van der Waals surface area (Å²) in [6.45, 7) is 1.40. The Morgan fingerprint density at radius 3 is 2.62 bits per heavy atom. The summed E-state index contributed by atoms with van der Waals surface area (Å²) < 4.78 is 72.6. The highest BCUT2D eigenvalue weighted by molar-refractivity contribution is 7.87. The predicted molar refractivity (Wildman–Crippen MR) is 66.4 cm³/mol. The maximum Gasteiger partial charge on any atom is 0.523 e. The van der Waals surface area contributed by atoms with Gasteiger partial charge in [0, 0.05) is 0 Å². The summed E-state index contributed by atoms with van der Waals surface area (Å²) in [5.74, 6) is 1.16. The van der Waals surface area contributed by atoms with Gasteiger partial charge in [0.1, 0.15) is 0 Å². The van der Waals surface area contributed by atoms with E-state index in [4.69, 9.17) is 9.47 Å². The van der Waals surface area contributed by atoms with E-state index in [1.165, 1.54) is 6.92 Å². The highest BCUT2D eigenvalue weighted by Gasteiger charge is 2.48. The van der Waals surface area contributed by atoms with E-state index in [1.807, 2.05) is 0 Å². The van der Waals surface area contributed by atoms with Gasteiger partial charge in [-0.15, -0.1) is 0 Å². The molecule has 0 spiro atoms. The average molecular weight is 326 g/mol. The summed E-state index contributed by atoms with van der Waals surface area (Å²) in [6.07, 6.45) is -0.609. The molecule has 0 N–H and O–H groups in total. The molecule has 1 atom stereocenters. The largest absolute Gasteiger partial charge is 0.523 e. The van der Waals surface area contributed by atoms with Gasteiger partial charge in [-0.1, -0.05) is 6.07 Å². The smallest absolute Gasteiger partial charge is 0.454 e. The van der Waals surface area contributed by atoms with Crippen LogP contribution in [0.15, 0.2) is 18.2 Å². The average Bonchev–Trinajstić information content (AvgIpc) is 2.81. The minimum atomic E-state index is -5.56. The van der Waals surface area contributed by atoms with E-state index in [-0.39, 0.29) is 13.2 Å². The van der Waals surface area contributed by atoms with Crippen LogP contribution in [0.5, 0.6) is 11.5 Å². The number of ether oxygens (including phenoxy) is 2. The van der Waals surface area contributed by atoms with Crippen molar-refractivity contribution in [2.75, 3.05) is 6.79 Å². The van der Waals surface area contributed by atoms with Gasteiger partial charge in [-0.25, -0.2) is 0 Å². The van der Waals surface area contributed by atoms with E-state index >= 15 is 0 Å². The maximum atomic E-state index is 12.2. The Labute approximate surface area is 119 Å². The van der Waals surface area contributed by atoms with Crippen molar-refractivity contribution < 1.29 is 35.2 Å². The molecule has 0 amide bonds. The molecule has 0 saturated heterocycles. The maximum absolute atomic E-state index is 12.2. The first-order valence-electron chi connectivity index (χ1n) is 6.07. The van der Waals surface area contributed by atoms with Crippen molar-refractivity contribution in [1.82, 2.24) is 0 Å². The second-order valence-electron chi connectivity index (χ2n) is 4.53. The monoisotopic (exact) mass is 326 g/mol. The molecule has 1 aromatic rings. The zero-order valence-corrected chi connectivity index (χ0v) is 11.8. The second kappa shape index (κ2) is 5.72. The van der Waals surface area contributed by atoms with Crippen molar-refractivity contribution in [2.45, 2.75) is 31.4 Å². The molecule has 1 heterocycles.